The molecule has 0 bridgehead atoms. The fourth-order valence-electron chi connectivity index (χ4n) is 2.69. The molecule has 1 aromatic heterocycles. The predicted octanol–water partition coefficient (Wildman–Crippen LogP) is 4.18. The van der Waals surface area contributed by atoms with E-state index < -0.39 is 52.5 Å². The molecular weight excluding hydrogens is 395 g/mol. The van der Waals surface area contributed by atoms with Crippen LogP contribution in [-0.2, 0) is 9.78 Å². The fraction of sp³-hybridized carbons (Fsp3) is 0.267. The first kappa shape index (κ1) is 19.5. The molecule has 146 valence electrons. The van der Waals surface area contributed by atoms with Gasteiger partial charge in [0.25, 0.3) is 0 Å². The number of nitrogens with one attached hydrogen (secondary N) is 2. The van der Waals surface area contributed by atoms with Crippen molar-refractivity contribution in [3.05, 3.63) is 35.7 Å². The standard InChI is InChI=1S/C15H13F5N4O2S/c16-9-5-8(24-1-3-25-4-2-24)6-10(17)13(9)14-11(18)7-12(22-26-19)15(21-14)23-27-20/h5-7,22H,1-4H2,(H,21,23). The van der Waals surface area contributed by atoms with Crippen LogP contribution < -0.4 is 15.1 Å². The van der Waals surface area contributed by atoms with Crippen LogP contribution in [0.2, 0.25) is 0 Å². The number of pyridine rings is 1. The Bertz CT molecular complexity index is 800. The molecule has 0 saturated carbocycles. The van der Waals surface area contributed by atoms with Crippen LogP contribution in [0.1, 0.15) is 0 Å². The van der Waals surface area contributed by atoms with Crippen molar-refractivity contribution in [1.82, 2.24) is 4.98 Å². The Morgan fingerprint density at radius 3 is 2.33 bits per heavy atom. The number of rotatable bonds is 6. The largest absolute Gasteiger partial charge is 0.378 e. The maximum absolute atomic E-state index is 14.6. The van der Waals surface area contributed by atoms with Crippen molar-refractivity contribution in [1.29, 1.82) is 0 Å². The summed E-state index contributed by atoms with van der Waals surface area (Å²) in [7, 11) is 0. The first-order chi connectivity index (χ1) is 13.0. The second-order valence-corrected chi connectivity index (χ2v) is 5.82. The smallest absolute Gasteiger partial charge is 0.164 e. The quantitative estimate of drug-likeness (QED) is 0.423. The lowest BCUT2D eigenvalue weighted by Crippen LogP contribution is -2.36. The highest BCUT2D eigenvalue weighted by Crippen LogP contribution is 2.35. The Kier molecular flexibility index (Phi) is 6.19. The highest BCUT2D eigenvalue weighted by Gasteiger charge is 2.23. The maximum atomic E-state index is 14.6. The summed E-state index contributed by atoms with van der Waals surface area (Å²) in [6, 6.07) is 2.77. The van der Waals surface area contributed by atoms with Crippen LogP contribution in [0.3, 0.4) is 0 Å². The number of nitrogens with zero attached hydrogens (tertiary/aromatic N) is 2. The van der Waals surface area contributed by atoms with Crippen LogP contribution >= 0.6 is 12.3 Å². The third-order valence-electron chi connectivity index (χ3n) is 3.90. The summed E-state index contributed by atoms with van der Waals surface area (Å²) in [4.78, 5) is 5.37. The van der Waals surface area contributed by atoms with Gasteiger partial charge in [-0.25, -0.2) is 23.6 Å². The number of hydrogen-bond donors (Lipinski definition) is 2. The Hall–Kier alpha value is -2.31. The fourth-order valence-corrected chi connectivity index (χ4v) is 2.92. The predicted molar refractivity (Wildman–Crippen MR) is 90.7 cm³/mol. The number of hydrogen-bond acceptors (Lipinski definition) is 7. The maximum Gasteiger partial charge on any atom is 0.164 e. The molecule has 12 heteroatoms. The van der Waals surface area contributed by atoms with Gasteiger partial charge in [0.05, 0.1) is 18.8 Å². The normalized spacial score (nSPS) is 14.3. The molecule has 1 fully saturated rings. The molecule has 0 unspecified atom stereocenters. The van der Waals surface area contributed by atoms with Crippen LogP contribution in [0.4, 0.5) is 38.8 Å². The zero-order chi connectivity index (χ0) is 19.4. The van der Waals surface area contributed by atoms with Crippen molar-refractivity contribution in [2.24, 2.45) is 0 Å². The van der Waals surface area contributed by atoms with Gasteiger partial charge in [-0.2, -0.15) is 0 Å². The van der Waals surface area contributed by atoms with Gasteiger partial charge in [0.1, 0.15) is 23.0 Å². The van der Waals surface area contributed by atoms with Crippen LogP contribution in [0.5, 0.6) is 0 Å². The zero-order valence-electron chi connectivity index (χ0n) is 13.6. The molecule has 2 heterocycles. The summed E-state index contributed by atoms with van der Waals surface area (Å²) in [6.45, 7) is 1.75. The highest BCUT2D eigenvalue weighted by atomic mass is 32.2. The molecule has 0 radical (unpaired) electrons. The van der Waals surface area contributed by atoms with E-state index >= 15 is 0 Å². The van der Waals surface area contributed by atoms with Gasteiger partial charge in [-0.3, -0.25) is 4.72 Å². The van der Waals surface area contributed by atoms with Gasteiger partial charge in [0.15, 0.2) is 24.0 Å². The molecule has 1 aromatic carbocycles. The molecule has 2 N–H and O–H groups in total. The Labute approximate surface area is 154 Å². The first-order valence-electron chi connectivity index (χ1n) is 7.65. The van der Waals surface area contributed by atoms with E-state index in [0.29, 0.717) is 32.4 Å². The number of morpholine rings is 1. The first-order valence-corrected chi connectivity index (χ1v) is 8.36. The van der Waals surface area contributed by atoms with Crippen molar-refractivity contribution in [3.8, 4) is 11.3 Å². The number of benzene rings is 1. The molecule has 1 saturated heterocycles. The topological polar surface area (TPSA) is 58.7 Å². The molecule has 1 aliphatic heterocycles. The van der Waals surface area contributed by atoms with E-state index in [1.54, 1.807) is 10.4 Å². The summed E-state index contributed by atoms with van der Waals surface area (Å²) < 4.78 is 75.2. The number of ether oxygens (including phenoxy) is 1. The Morgan fingerprint density at radius 2 is 1.74 bits per heavy atom. The summed E-state index contributed by atoms with van der Waals surface area (Å²) in [6.07, 6.45) is 0. The molecule has 0 aliphatic carbocycles. The summed E-state index contributed by atoms with van der Waals surface area (Å²) in [5, 5.41) is 3.15. The third-order valence-corrected chi connectivity index (χ3v) is 4.17. The Balaban J connectivity index is 2.03. The van der Waals surface area contributed by atoms with E-state index in [1.807, 2.05) is 4.72 Å². The van der Waals surface area contributed by atoms with Crippen molar-refractivity contribution in [2.45, 2.75) is 0 Å². The molecule has 2 aromatic rings. The number of halogens is 5. The minimum atomic E-state index is -1.17. The Morgan fingerprint density at radius 1 is 1.07 bits per heavy atom. The minimum absolute atomic E-state index is 0.277. The van der Waals surface area contributed by atoms with E-state index in [-0.39, 0.29) is 5.69 Å². The molecule has 3 rings (SSSR count). The van der Waals surface area contributed by atoms with Crippen molar-refractivity contribution in [2.75, 3.05) is 41.4 Å². The van der Waals surface area contributed by atoms with Crippen LogP contribution in [0, 0.1) is 17.5 Å². The van der Waals surface area contributed by atoms with Crippen LogP contribution in [0.15, 0.2) is 18.2 Å². The molecule has 6 nitrogen and oxygen atoms in total. The summed E-state index contributed by atoms with van der Waals surface area (Å²) in [5.41, 5.74) is 0.0724. The minimum Gasteiger partial charge on any atom is -0.378 e. The SMILES string of the molecule is FONc1cc(F)c(-c2c(F)cc(N3CCOCC3)cc2F)nc1NSF. The monoisotopic (exact) mass is 408 g/mol. The van der Waals surface area contributed by atoms with Crippen molar-refractivity contribution < 1.29 is 31.4 Å². The number of anilines is 3. The van der Waals surface area contributed by atoms with Gasteiger partial charge >= 0.3 is 0 Å². The number of aromatic nitrogens is 1. The molecule has 0 atom stereocenters. The third kappa shape index (κ3) is 4.17. The molecule has 1 aliphatic rings. The van der Waals surface area contributed by atoms with Crippen molar-refractivity contribution >= 4 is 29.5 Å². The van der Waals surface area contributed by atoms with E-state index in [1.165, 1.54) is 0 Å². The summed E-state index contributed by atoms with van der Waals surface area (Å²) >= 11 is -0.425. The van der Waals surface area contributed by atoms with E-state index in [9.17, 15) is 21.6 Å². The van der Waals surface area contributed by atoms with Crippen LogP contribution in [-0.4, -0.2) is 31.3 Å². The molecular formula is C15H13F5N4O2S. The second-order valence-electron chi connectivity index (χ2n) is 5.46. The van der Waals surface area contributed by atoms with Crippen LogP contribution in [0.25, 0.3) is 11.3 Å². The molecule has 0 spiro atoms. The van der Waals surface area contributed by atoms with Gasteiger partial charge in [0.2, 0.25) is 0 Å². The second kappa shape index (κ2) is 8.59. The molecule has 27 heavy (non-hydrogen) atoms. The van der Waals surface area contributed by atoms with E-state index in [4.69, 9.17) is 4.74 Å². The average Bonchev–Trinajstić information content (AvgIpc) is 2.65. The lowest BCUT2D eigenvalue weighted by molar-refractivity contribution is -0.0973. The highest BCUT2D eigenvalue weighted by molar-refractivity contribution is 7.95. The van der Waals surface area contributed by atoms with Gasteiger partial charge in [-0.15, -0.1) is 3.89 Å². The van der Waals surface area contributed by atoms with E-state index in [2.05, 4.69) is 10.0 Å². The lowest BCUT2D eigenvalue weighted by atomic mass is 10.1. The van der Waals surface area contributed by atoms with Gasteiger partial charge in [-0.05, 0) is 16.7 Å². The average molecular weight is 408 g/mol. The van der Waals surface area contributed by atoms with Gasteiger partial charge in [0, 0.05) is 24.8 Å². The van der Waals surface area contributed by atoms with Crippen molar-refractivity contribution in [3.63, 3.8) is 0 Å². The van der Waals surface area contributed by atoms with Gasteiger partial charge < -0.3 is 9.64 Å². The van der Waals surface area contributed by atoms with E-state index in [0.717, 1.165) is 12.1 Å². The summed E-state index contributed by atoms with van der Waals surface area (Å²) in [5.74, 6) is -3.69. The lowest BCUT2D eigenvalue weighted by Gasteiger charge is -2.29. The van der Waals surface area contributed by atoms with Gasteiger partial charge in [-0.1, -0.05) is 5.04 Å². The zero-order valence-corrected chi connectivity index (χ0v) is 14.4. The molecule has 0 amide bonds.